The molecule has 2 aliphatic heterocycles. The molecule has 2 aromatic rings. The number of aryl methyl sites for hydroxylation is 1. The Morgan fingerprint density at radius 2 is 2.08 bits per heavy atom. The predicted octanol–water partition coefficient (Wildman–Crippen LogP) is 1.80. The van der Waals surface area contributed by atoms with Crippen LogP contribution in [0.4, 0.5) is 9.18 Å². The van der Waals surface area contributed by atoms with E-state index in [1.54, 1.807) is 28.9 Å². The second kappa shape index (κ2) is 5.87. The number of nitrogens with zero attached hydrogens (tertiary/aromatic N) is 3. The summed E-state index contributed by atoms with van der Waals surface area (Å²) >= 11 is 0. The Morgan fingerprint density at radius 3 is 2.84 bits per heavy atom. The number of rotatable bonds is 2. The standard InChI is InChI=1S/C17H17FN4O3/c1-10-14(20-15(19-10)11-2-4-12(18)5-3-11)16(23)21-6-7-22-13(8-21)9-25-17(22)24/h2-5,13H,6-9H2,1H3,(H,19,20). The largest absolute Gasteiger partial charge is 0.447 e. The first-order chi connectivity index (χ1) is 12.0. The van der Waals surface area contributed by atoms with E-state index in [0.29, 0.717) is 49.0 Å². The normalized spacial score (nSPS) is 19.8. The van der Waals surface area contributed by atoms with E-state index in [1.165, 1.54) is 12.1 Å². The van der Waals surface area contributed by atoms with Gasteiger partial charge in [0.15, 0.2) is 0 Å². The van der Waals surface area contributed by atoms with E-state index in [2.05, 4.69) is 9.97 Å². The molecule has 130 valence electrons. The number of hydrogen-bond acceptors (Lipinski definition) is 4. The molecule has 8 heteroatoms. The Labute approximate surface area is 143 Å². The number of cyclic esters (lactones) is 1. The molecule has 0 spiro atoms. The lowest BCUT2D eigenvalue weighted by Gasteiger charge is -2.35. The van der Waals surface area contributed by atoms with Crippen molar-refractivity contribution < 1.29 is 18.7 Å². The number of H-pyrrole nitrogens is 1. The van der Waals surface area contributed by atoms with E-state index in [-0.39, 0.29) is 23.9 Å². The average Bonchev–Trinajstić information content (AvgIpc) is 3.18. The lowest BCUT2D eigenvalue weighted by molar-refractivity contribution is 0.0611. The van der Waals surface area contributed by atoms with Gasteiger partial charge >= 0.3 is 6.09 Å². The van der Waals surface area contributed by atoms with E-state index in [9.17, 15) is 14.0 Å². The maximum absolute atomic E-state index is 13.1. The van der Waals surface area contributed by atoms with Crippen molar-refractivity contribution in [3.05, 3.63) is 41.5 Å². The minimum Gasteiger partial charge on any atom is -0.447 e. The van der Waals surface area contributed by atoms with Crippen molar-refractivity contribution in [1.29, 1.82) is 0 Å². The quantitative estimate of drug-likeness (QED) is 0.901. The van der Waals surface area contributed by atoms with Gasteiger partial charge in [-0.25, -0.2) is 14.2 Å². The molecule has 3 heterocycles. The third kappa shape index (κ3) is 2.73. The van der Waals surface area contributed by atoms with Gasteiger partial charge in [-0.2, -0.15) is 0 Å². The molecule has 1 unspecified atom stereocenters. The number of carbonyl (C=O) groups excluding carboxylic acids is 2. The highest BCUT2D eigenvalue weighted by Gasteiger charge is 2.39. The van der Waals surface area contributed by atoms with Crippen molar-refractivity contribution in [3.8, 4) is 11.4 Å². The highest BCUT2D eigenvalue weighted by molar-refractivity contribution is 5.94. The minimum absolute atomic E-state index is 0.0963. The fourth-order valence-corrected chi connectivity index (χ4v) is 3.24. The molecule has 4 rings (SSSR count). The molecule has 0 aliphatic carbocycles. The number of piperazine rings is 1. The molecule has 2 amide bonds. The zero-order valence-electron chi connectivity index (χ0n) is 13.7. The zero-order chi connectivity index (χ0) is 17.6. The molecular formula is C17H17FN4O3. The summed E-state index contributed by atoms with van der Waals surface area (Å²) in [4.78, 5) is 35.2. The molecule has 2 fully saturated rings. The number of imidazole rings is 1. The van der Waals surface area contributed by atoms with Crippen molar-refractivity contribution in [2.24, 2.45) is 0 Å². The van der Waals surface area contributed by atoms with Gasteiger partial charge in [-0.15, -0.1) is 0 Å². The van der Waals surface area contributed by atoms with Crippen LogP contribution in [0.25, 0.3) is 11.4 Å². The van der Waals surface area contributed by atoms with Crippen LogP contribution in [0.15, 0.2) is 24.3 Å². The van der Waals surface area contributed by atoms with Crippen molar-refractivity contribution in [3.63, 3.8) is 0 Å². The number of fused-ring (bicyclic) bond motifs is 1. The van der Waals surface area contributed by atoms with Crippen molar-refractivity contribution >= 4 is 12.0 Å². The molecule has 0 saturated carbocycles. The number of amides is 2. The molecular weight excluding hydrogens is 327 g/mol. The summed E-state index contributed by atoms with van der Waals surface area (Å²) in [6, 6.07) is 5.83. The summed E-state index contributed by atoms with van der Waals surface area (Å²) in [6.45, 7) is 3.43. The Morgan fingerprint density at radius 1 is 1.32 bits per heavy atom. The first kappa shape index (κ1) is 15.6. The second-order valence-electron chi connectivity index (χ2n) is 6.24. The Hall–Kier alpha value is -2.90. The summed E-state index contributed by atoms with van der Waals surface area (Å²) in [7, 11) is 0. The van der Waals surface area contributed by atoms with Gasteiger partial charge in [0.25, 0.3) is 5.91 Å². The van der Waals surface area contributed by atoms with E-state index in [0.717, 1.165) is 0 Å². The summed E-state index contributed by atoms with van der Waals surface area (Å²) in [5.74, 6) is 0.0227. The van der Waals surface area contributed by atoms with Gasteiger partial charge in [-0.3, -0.25) is 9.69 Å². The van der Waals surface area contributed by atoms with Crippen LogP contribution in [-0.2, 0) is 4.74 Å². The van der Waals surface area contributed by atoms with Crippen molar-refractivity contribution in [2.45, 2.75) is 13.0 Å². The smallest absolute Gasteiger partial charge is 0.410 e. The van der Waals surface area contributed by atoms with Gasteiger partial charge in [0, 0.05) is 30.9 Å². The third-order valence-corrected chi connectivity index (χ3v) is 4.61. The monoisotopic (exact) mass is 344 g/mol. The third-order valence-electron chi connectivity index (χ3n) is 4.61. The molecule has 1 atom stereocenters. The minimum atomic E-state index is -0.325. The molecule has 7 nitrogen and oxygen atoms in total. The Kier molecular flexibility index (Phi) is 3.67. The van der Waals surface area contributed by atoms with E-state index >= 15 is 0 Å². The first-order valence-corrected chi connectivity index (χ1v) is 8.08. The second-order valence-corrected chi connectivity index (χ2v) is 6.24. The van der Waals surface area contributed by atoms with Crippen LogP contribution in [-0.4, -0.2) is 64.1 Å². The maximum Gasteiger partial charge on any atom is 0.410 e. The van der Waals surface area contributed by atoms with Crippen LogP contribution in [0.2, 0.25) is 0 Å². The van der Waals surface area contributed by atoms with Gasteiger partial charge in [0.1, 0.15) is 23.9 Å². The van der Waals surface area contributed by atoms with Gasteiger partial charge < -0.3 is 14.6 Å². The van der Waals surface area contributed by atoms with Gasteiger partial charge in [-0.1, -0.05) is 0 Å². The van der Waals surface area contributed by atoms with Crippen molar-refractivity contribution in [1.82, 2.24) is 19.8 Å². The number of hydrogen-bond donors (Lipinski definition) is 1. The fraction of sp³-hybridized carbons (Fsp3) is 0.353. The molecule has 0 bridgehead atoms. The summed E-state index contributed by atoms with van der Waals surface area (Å²) in [5, 5.41) is 0. The lowest BCUT2D eigenvalue weighted by Crippen LogP contribution is -2.53. The van der Waals surface area contributed by atoms with E-state index < -0.39 is 0 Å². The number of benzene rings is 1. The average molecular weight is 344 g/mol. The SMILES string of the molecule is Cc1[nH]c(-c2ccc(F)cc2)nc1C(=O)N1CCN2C(=O)OCC2C1. The first-order valence-electron chi connectivity index (χ1n) is 8.08. The molecule has 0 radical (unpaired) electrons. The summed E-state index contributed by atoms with van der Waals surface area (Å²) in [6.07, 6.45) is -0.313. The highest BCUT2D eigenvalue weighted by atomic mass is 19.1. The molecule has 1 aromatic heterocycles. The zero-order valence-corrected chi connectivity index (χ0v) is 13.7. The molecule has 1 aromatic carbocycles. The lowest BCUT2D eigenvalue weighted by atomic mass is 10.2. The predicted molar refractivity (Wildman–Crippen MR) is 86.5 cm³/mol. The molecule has 1 N–H and O–H groups in total. The number of nitrogens with one attached hydrogen (secondary N) is 1. The Bertz CT molecular complexity index is 833. The molecule has 2 saturated heterocycles. The number of aromatic amines is 1. The van der Waals surface area contributed by atoms with E-state index in [1.807, 2.05) is 0 Å². The van der Waals surface area contributed by atoms with E-state index in [4.69, 9.17) is 4.74 Å². The van der Waals surface area contributed by atoms with Crippen LogP contribution < -0.4 is 0 Å². The number of ether oxygens (including phenoxy) is 1. The van der Waals surface area contributed by atoms with Crippen LogP contribution >= 0.6 is 0 Å². The molecule has 25 heavy (non-hydrogen) atoms. The topological polar surface area (TPSA) is 78.5 Å². The number of halogens is 1. The van der Waals surface area contributed by atoms with Crippen LogP contribution in [0.1, 0.15) is 16.2 Å². The van der Waals surface area contributed by atoms with Gasteiger partial charge in [-0.05, 0) is 31.2 Å². The van der Waals surface area contributed by atoms with Gasteiger partial charge in [0.2, 0.25) is 0 Å². The fourth-order valence-electron chi connectivity index (χ4n) is 3.24. The maximum atomic E-state index is 13.1. The molecule has 2 aliphatic rings. The summed E-state index contributed by atoms with van der Waals surface area (Å²) in [5.41, 5.74) is 1.71. The van der Waals surface area contributed by atoms with Crippen molar-refractivity contribution in [2.75, 3.05) is 26.2 Å². The highest BCUT2D eigenvalue weighted by Crippen LogP contribution is 2.22. The number of carbonyl (C=O) groups is 2. The summed E-state index contributed by atoms with van der Waals surface area (Å²) < 4.78 is 18.1. The number of aromatic nitrogens is 2. The van der Waals surface area contributed by atoms with Crippen LogP contribution in [0.3, 0.4) is 0 Å². The van der Waals surface area contributed by atoms with Crippen LogP contribution in [0.5, 0.6) is 0 Å². The van der Waals surface area contributed by atoms with Gasteiger partial charge in [0.05, 0.1) is 6.04 Å². The van der Waals surface area contributed by atoms with Crippen LogP contribution in [0, 0.1) is 12.7 Å². The Balaban J connectivity index is 1.55.